The minimum atomic E-state index is 0.554. The van der Waals surface area contributed by atoms with Gasteiger partial charge in [0.05, 0.1) is 13.2 Å². The van der Waals surface area contributed by atoms with Crippen molar-refractivity contribution < 1.29 is 9.63 Å². The third-order valence-electron chi connectivity index (χ3n) is 2.05. The first-order chi connectivity index (χ1) is 8.38. The van der Waals surface area contributed by atoms with Gasteiger partial charge >= 0.3 is 0 Å². The van der Waals surface area contributed by atoms with Gasteiger partial charge in [-0.3, -0.25) is 9.82 Å². The van der Waals surface area contributed by atoms with Gasteiger partial charge in [0.15, 0.2) is 0 Å². The van der Waals surface area contributed by atoms with Crippen LogP contribution in [0.1, 0.15) is 6.92 Å². The molecule has 5 heteroatoms. The summed E-state index contributed by atoms with van der Waals surface area (Å²) < 4.78 is 0. The van der Waals surface area contributed by atoms with Crippen molar-refractivity contribution in [2.75, 3.05) is 26.2 Å². The predicted octanol–water partition coefficient (Wildman–Crippen LogP) is 0.640. The number of rotatable bonds is 2. The fourth-order valence-corrected chi connectivity index (χ4v) is 1.31. The van der Waals surface area contributed by atoms with E-state index in [0.717, 1.165) is 13.1 Å². The van der Waals surface area contributed by atoms with Crippen LogP contribution in [0.2, 0.25) is 0 Å². The molecular formula is C12H17N3O2. The predicted molar refractivity (Wildman–Crippen MR) is 64.6 cm³/mol. The van der Waals surface area contributed by atoms with E-state index in [-0.39, 0.29) is 0 Å². The summed E-state index contributed by atoms with van der Waals surface area (Å²) in [6.07, 6.45) is 3.50. The highest BCUT2D eigenvalue weighted by atomic mass is 16.7. The molecule has 0 spiro atoms. The molecule has 17 heavy (non-hydrogen) atoms. The zero-order valence-electron chi connectivity index (χ0n) is 9.93. The van der Waals surface area contributed by atoms with E-state index in [1.54, 1.807) is 17.5 Å². The lowest BCUT2D eigenvalue weighted by molar-refractivity contribution is -0.131. The molecule has 1 fully saturated rings. The average Bonchev–Trinajstić information content (AvgIpc) is 2.42. The lowest BCUT2D eigenvalue weighted by Crippen LogP contribution is -2.41. The Bertz CT molecular complexity index is 321. The molecule has 92 valence electrons. The van der Waals surface area contributed by atoms with Crippen molar-refractivity contribution in [3.63, 3.8) is 0 Å². The maximum absolute atomic E-state index is 10.3. The molecule has 2 heterocycles. The Kier molecular flexibility index (Phi) is 6.67. The van der Waals surface area contributed by atoms with Gasteiger partial charge in [0.25, 0.3) is 0 Å². The first-order valence-corrected chi connectivity index (χ1v) is 5.58. The van der Waals surface area contributed by atoms with Crippen molar-refractivity contribution in [1.29, 1.82) is 0 Å². The van der Waals surface area contributed by atoms with Crippen molar-refractivity contribution in [2.24, 2.45) is 0 Å². The molecule has 1 aromatic rings. The Balaban J connectivity index is 0.000000202. The van der Waals surface area contributed by atoms with Gasteiger partial charge < -0.3 is 5.32 Å². The molecule has 1 saturated heterocycles. The Morgan fingerprint density at radius 3 is 2.71 bits per heavy atom. The Morgan fingerprint density at radius 1 is 1.47 bits per heavy atom. The summed E-state index contributed by atoms with van der Waals surface area (Å²) in [6.45, 7) is 4.61. The Hall–Kier alpha value is -1.68. The van der Waals surface area contributed by atoms with Crippen molar-refractivity contribution >= 4 is 5.94 Å². The van der Waals surface area contributed by atoms with E-state index in [4.69, 9.17) is 4.84 Å². The van der Waals surface area contributed by atoms with Crippen LogP contribution in [-0.2, 0) is 9.63 Å². The largest absolute Gasteiger partial charge is 0.309 e. The number of hydrogen-bond acceptors (Lipinski definition) is 5. The molecule has 2 rings (SSSR count). The van der Waals surface area contributed by atoms with Gasteiger partial charge in [0.2, 0.25) is 0 Å². The van der Waals surface area contributed by atoms with Crippen LogP contribution < -0.4 is 5.32 Å². The minimum absolute atomic E-state index is 0.554. The van der Waals surface area contributed by atoms with E-state index >= 15 is 0 Å². The van der Waals surface area contributed by atoms with Crippen molar-refractivity contribution in [2.45, 2.75) is 6.92 Å². The van der Waals surface area contributed by atoms with Crippen LogP contribution >= 0.6 is 0 Å². The fourth-order valence-electron chi connectivity index (χ4n) is 1.31. The summed E-state index contributed by atoms with van der Waals surface area (Å²) in [5.41, 5.74) is 0.554. The van der Waals surface area contributed by atoms with Crippen molar-refractivity contribution in [3.05, 3.63) is 36.3 Å². The normalized spacial score (nSPS) is 14.6. The first-order valence-electron chi connectivity index (χ1n) is 5.58. The van der Waals surface area contributed by atoms with Crippen LogP contribution in [0.3, 0.4) is 0 Å². The first kappa shape index (κ1) is 13.4. The van der Waals surface area contributed by atoms with Crippen LogP contribution in [0.5, 0.6) is 0 Å². The standard InChI is InChI=1S/C7H12N2O2.C5H5N/c1-2-11-9-4-3-8-5-7(9)6-10;1-2-4-6-5-3-1/h8H,2-5H2,1H3;1-5H. The van der Waals surface area contributed by atoms with E-state index in [2.05, 4.69) is 10.3 Å². The summed E-state index contributed by atoms with van der Waals surface area (Å²) in [6, 6.07) is 5.72. The quantitative estimate of drug-likeness (QED) is 0.762. The summed E-state index contributed by atoms with van der Waals surface area (Å²) in [7, 11) is 0. The minimum Gasteiger partial charge on any atom is -0.309 e. The number of carbonyl (C=O) groups excluding carboxylic acids is 1. The summed E-state index contributed by atoms with van der Waals surface area (Å²) in [5, 5.41) is 4.65. The topological polar surface area (TPSA) is 54.5 Å². The monoisotopic (exact) mass is 235 g/mol. The molecule has 1 aliphatic rings. The van der Waals surface area contributed by atoms with Crippen LogP contribution in [0.25, 0.3) is 0 Å². The molecule has 0 aliphatic carbocycles. The van der Waals surface area contributed by atoms with E-state index in [1.807, 2.05) is 31.1 Å². The summed E-state index contributed by atoms with van der Waals surface area (Å²) in [5.74, 6) is 1.84. The zero-order valence-corrected chi connectivity index (χ0v) is 9.93. The Morgan fingerprint density at radius 2 is 2.24 bits per heavy atom. The second kappa shape index (κ2) is 8.47. The average molecular weight is 235 g/mol. The number of hydrogen-bond donors (Lipinski definition) is 1. The lowest BCUT2D eigenvalue weighted by Gasteiger charge is -2.27. The third kappa shape index (κ3) is 5.26. The second-order valence-electron chi connectivity index (χ2n) is 3.27. The highest BCUT2D eigenvalue weighted by Gasteiger charge is 2.14. The molecule has 1 aliphatic heterocycles. The summed E-state index contributed by atoms with van der Waals surface area (Å²) >= 11 is 0. The SMILES string of the molecule is CCON1CCNCC1=C=O.c1ccncc1. The number of hydroxylamine groups is 2. The van der Waals surface area contributed by atoms with Crippen molar-refractivity contribution in [3.8, 4) is 0 Å². The second-order valence-corrected chi connectivity index (χ2v) is 3.27. The molecule has 0 aromatic carbocycles. The maximum atomic E-state index is 10.3. The van der Waals surface area contributed by atoms with Crippen LogP contribution in [0.15, 0.2) is 36.3 Å². The van der Waals surface area contributed by atoms with Crippen molar-refractivity contribution in [1.82, 2.24) is 15.4 Å². The molecule has 0 atom stereocenters. The molecule has 0 bridgehead atoms. The van der Waals surface area contributed by atoms with Gasteiger partial charge in [-0.1, -0.05) is 6.07 Å². The van der Waals surface area contributed by atoms with Crippen LogP contribution in [0.4, 0.5) is 0 Å². The number of aromatic nitrogens is 1. The zero-order chi connectivity index (χ0) is 12.3. The molecule has 0 radical (unpaired) electrons. The van der Waals surface area contributed by atoms with Gasteiger partial charge in [-0.2, -0.15) is 0 Å². The smallest absolute Gasteiger partial charge is 0.149 e. The number of nitrogens with one attached hydrogen (secondary N) is 1. The van der Waals surface area contributed by atoms with Crippen LogP contribution in [-0.4, -0.2) is 42.2 Å². The lowest BCUT2D eigenvalue weighted by atomic mass is 10.3. The van der Waals surface area contributed by atoms with E-state index in [9.17, 15) is 4.79 Å². The molecule has 5 nitrogen and oxygen atoms in total. The number of nitrogens with zero attached hydrogens (tertiary/aromatic N) is 2. The molecule has 0 saturated carbocycles. The maximum Gasteiger partial charge on any atom is 0.149 e. The fraction of sp³-hybridized carbons (Fsp3) is 0.417. The van der Waals surface area contributed by atoms with Crippen LogP contribution in [0, 0.1) is 0 Å². The van der Waals surface area contributed by atoms with E-state index in [1.165, 1.54) is 0 Å². The molecule has 0 unspecified atom stereocenters. The highest BCUT2D eigenvalue weighted by Crippen LogP contribution is 2.03. The number of piperazine rings is 1. The molecule has 1 N–H and O–H groups in total. The highest BCUT2D eigenvalue weighted by molar-refractivity contribution is 5.52. The van der Waals surface area contributed by atoms with Gasteiger partial charge in [0.1, 0.15) is 11.6 Å². The molecule has 0 amide bonds. The van der Waals surface area contributed by atoms with Gasteiger partial charge in [-0.25, -0.2) is 9.86 Å². The number of pyridine rings is 1. The Labute approximate surface area is 101 Å². The van der Waals surface area contributed by atoms with E-state index < -0.39 is 0 Å². The van der Waals surface area contributed by atoms with Gasteiger partial charge in [-0.05, 0) is 19.1 Å². The summed E-state index contributed by atoms with van der Waals surface area (Å²) in [4.78, 5) is 19.3. The third-order valence-corrected chi connectivity index (χ3v) is 2.05. The van der Waals surface area contributed by atoms with Gasteiger partial charge in [-0.15, -0.1) is 0 Å². The van der Waals surface area contributed by atoms with E-state index in [0.29, 0.717) is 18.8 Å². The molecular weight excluding hydrogens is 218 g/mol. The molecule has 1 aromatic heterocycles. The van der Waals surface area contributed by atoms with Gasteiger partial charge in [0, 0.05) is 25.5 Å².